The van der Waals surface area contributed by atoms with E-state index in [1.54, 1.807) is 0 Å². The van der Waals surface area contributed by atoms with Gasteiger partial charge in [0, 0.05) is 42.4 Å². The fourth-order valence-corrected chi connectivity index (χ4v) is 6.07. The van der Waals surface area contributed by atoms with Crippen molar-refractivity contribution in [3.8, 4) is 11.4 Å². The van der Waals surface area contributed by atoms with Crippen LogP contribution in [0.2, 0.25) is 5.02 Å². The Kier molecular flexibility index (Phi) is 4.38. The van der Waals surface area contributed by atoms with Crippen LogP contribution in [-0.2, 0) is 0 Å². The maximum Gasteiger partial charge on any atom is 0.0548 e. The zero-order chi connectivity index (χ0) is 22.8. The highest BCUT2D eigenvalue weighted by molar-refractivity contribution is 9.10. The normalized spacial score (nSPS) is 11.8. The lowest BCUT2D eigenvalue weighted by atomic mass is 10.1. The zero-order valence-electron chi connectivity index (χ0n) is 18.0. The minimum absolute atomic E-state index is 0.706. The molecule has 5 aromatic carbocycles. The second-order valence-electron chi connectivity index (χ2n) is 8.55. The van der Waals surface area contributed by atoms with E-state index in [1.807, 2.05) is 12.1 Å². The third kappa shape index (κ3) is 2.87. The summed E-state index contributed by atoms with van der Waals surface area (Å²) in [6.07, 6.45) is 0. The van der Waals surface area contributed by atoms with Crippen LogP contribution in [-0.4, -0.2) is 9.13 Å². The lowest BCUT2D eigenvalue weighted by Crippen LogP contribution is -1.94. The Morgan fingerprint density at radius 1 is 0.471 bits per heavy atom. The van der Waals surface area contributed by atoms with Gasteiger partial charge in [0.2, 0.25) is 0 Å². The Labute approximate surface area is 209 Å². The smallest absolute Gasteiger partial charge is 0.0548 e. The molecule has 34 heavy (non-hydrogen) atoms. The van der Waals surface area contributed by atoms with Gasteiger partial charge in [-0.2, -0.15) is 0 Å². The predicted octanol–water partition coefficient (Wildman–Crippen LogP) is 9.30. The van der Waals surface area contributed by atoms with Gasteiger partial charge in [0.15, 0.2) is 0 Å². The molecule has 0 unspecified atom stereocenters. The highest BCUT2D eigenvalue weighted by atomic mass is 79.9. The molecule has 2 nitrogen and oxygen atoms in total. The third-order valence-electron chi connectivity index (χ3n) is 6.59. The van der Waals surface area contributed by atoms with E-state index in [9.17, 15) is 0 Å². The van der Waals surface area contributed by atoms with Crippen LogP contribution in [0.5, 0.6) is 0 Å². The van der Waals surface area contributed by atoms with Gasteiger partial charge >= 0.3 is 0 Å². The third-order valence-corrected chi connectivity index (χ3v) is 7.26. The molecule has 0 saturated heterocycles. The first-order valence-corrected chi connectivity index (χ1v) is 12.3. The minimum atomic E-state index is 0.706. The molecular weight excluding hydrogens is 504 g/mol. The molecular formula is C30H18BrClN2. The molecule has 2 heterocycles. The molecule has 0 fully saturated rings. The lowest BCUT2D eigenvalue weighted by molar-refractivity contribution is 1.17. The van der Waals surface area contributed by atoms with E-state index in [2.05, 4.69) is 122 Å². The highest BCUT2D eigenvalue weighted by Crippen LogP contribution is 2.40. The second kappa shape index (κ2) is 7.49. The van der Waals surface area contributed by atoms with E-state index >= 15 is 0 Å². The molecule has 4 heteroatoms. The predicted molar refractivity (Wildman–Crippen MR) is 148 cm³/mol. The van der Waals surface area contributed by atoms with Crippen LogP contribution in [0.3, 0.4) is 0 Å². The number of benzene rings is 5. The van der Waals surface area contributed by atoms with Gasteiger partial charge in [-0.25, -0.2) is 0 Å². The van der Waals surface area contributed by atoms with Crippen molar-refractivity contribution >= 4 is 71.1 Å². The number of hydrogen-bond donors (Lipinski definition) is 0. The summed E-state index contributed by atoms with van der Waals surface area (Å²) in [6, 6.07) is 38.6. The largest absolute Gasteiger partial charge is 0.309 e. The maximum absolute atomic E-state index is 6.47. The van der Waals surface area contributed by atoms with Crippen LogP contribution < -0.4 is 0 Å². The van der Waals surface area contributed by atoms with E-state index in [1.165, 1.54) is 38.1 Å². The monoisotopic (exact) mass is 520 g/mol. The standard InChI is InChI=1S/C30H18BrClN2/c31-19-14-20(32)16-22(15-19)34-28-13-7-5-11-24(28)26-17-29-25(18-30(26)34)23-10-4-6-12-27(23)33(29)21-8-2-1-3-9-21/h1-18H. The van der Waals surface area contributed by atoms with Crippen molar-refractivity contribution in [2.24, 2.45) is 0 Å². The van der Waals surface area contributed by atoms with Crippen LogP contribution in [0.4, 0.5) is 0 Å². The maximum atomic E-state index is 6.47. The summed E-state index contributed by atoms with van der Waals surface area (Å²) in [5, 5.41) is 5.63. The highest BCUT2D eigenvalue weighted by Gasteiger charge is 2.18. The van der Waals surface area contributed by atoms with Gasteiger partial charge in [-0.1, -0.05) is 82.1 Å². The number of hydrogen-bond acceptors (Lipinski definition) is 0. The molecule has 0 amide bonds. The van der Waals surface area contributed by atoms with E-state index in [0.717, 1.165) is 21.4 Å². The molecule has 0 spiro atoms. The van der Waals surface area contributed by atoms with Crippen LogP contribution in [0.1, 0.15) is 0 Å². The second-order valence-corrected chi connectivity index (χ2v) is 9.91. The van der Waals surface area contributed by atoms with Gasteiger partial charge in [-0.15, -0.1) is 0 Å². The van der Waals surface area contributed by atoms with Gasteiger partial charge in [0.05, 0.1) is 22.1 Å². The van der Waals surface area contributed by atoms with Crippen LogP contribution in [0, 0.1) is 0 Å². The molecule has 0 aliphatic carbocycles. The Balaban J connectivity index is 1.69. The van der Waals surface area contributed by atoms with Gasteiger partial charge in [-0.3, -0.25) is 0 Å². The van der Waals surface area contributed by atoms with E-state index in [-0.39, 0.29) is 0 Å². The van der Waals surface area contributed by atoms with Crippen molar-refractivity contribution in [1.29, 1.82) is 0 Å². The molecule has 0 aliphatic heterocycles. The summed E-state index contributed by atoms with van der Waals surface area (Å²) in [7, 11) is 0. The molecule has 0 N–H and O–H groups in total. The van der Waals surface area contributed by atoms with E-state index in [4.69, 9.17) is 11.6 Å². The first-order valence-electron chi connectivity index (χ1n) is 11.2. The number of fused-ring (bicyclic) bond motifs is 6. The summed E-state index contributed by atoms with van der Waals surface area (Å²) in [5.41, 5.74) is 6.94. The quantitative estimate of drug-likeness (QED) is 0.214. The van der Waals surface area contributed by atoms with Crippen molar-refractivity contribution in [1.82, 2.24) is 9.13 Å². The SMILES string of the molecule is Clc1cc(Br)cc(-n2c3ccccc3c3cc4c(cc32)c2ccccc2n4-c2ccccc2)c1. The molecule has 7 rings (SSSR count). The molecule has 162 valence electrons. The molecule has 0 atom stereocenters. The Morgan fingerprint density at radius 2 is 1.00 bits per heavy atom. The van der Waals surface area contributed by atoms with Gasteiger partial charge in [0.1, 0.15) is 0 Å². The number of halogens is 2. The molecule has 0 bridgehead atoms. The molecule has 7 aromatic rings. The Hall–Kier alpha value is -3.53. The summed E-state index contributed by atoms with van der Waals surface area (Å²) in [6.45, 7) is 0. The summed E-state index contributed by atoms with van der Waals surface area (Å²) in [5.74, 6) is 0. The summed E-state index contributed by atoms with van der Waals surface area (Å²) in [4.78, 5) is 0. The van der Waals surface area contributed by atoms with Crippen molar-refractivity contribution in [3.63, 3.8) is 0 Å². The average Bonchev–Trinajstić information content (AvgIpc) is 3.35. The van der Waals surface area contributed by atoms with Crippen molar-refractivity contribution < 1.29 is 0 Å². The van der Waals surface area contributed by atoms with Crippen molar-refractivity contribution in [3.05, 3.63) is 119 Å². The minimum Gasteiger partial charge on any atom is -0.309 e. The van der Waals surface area contributed by atoms with Crippen LogP contribution >= 0.6 is 27.5 Å². The average molecular weight is 522 g/mol. The molecule has 2 aromatic heterocycles. The summed E-state index contributed by atoms with van der Waals surface area (Å²) >= 11 is 10.1. The van der Waals surface area contributed by atoms with Gasteiger partial charge in [-0.05, 0) is 54.6 Å². The zero-order valence-corrected chi connectivity index (χ0v) is 20.4. The van der Waals surface area contributed by atoms with E-state index in [0.29, 0.717) is 5.02 Å². The van der Waals surface area contributed by atoms with E-state index < -0.39 is 0 Å². The Morgan fingerprint density at radius 3 is 1.59 bits per heavy atom. The fraction of sp³-hybridized carbons (Fsp3) is 0. The lowest BCUT2D eigenvalue weighted by Gasteiger charge is -2.10. The number of aromatic nitrogens is 2. The first-order chi connectivity index (χ1) is 16.7. The topological polar surface area (TPSA) is 9.86 Å². The number of nitrogens with zero attached hydrogens (tertiary/aromatic N) is 2. The molecule has 0 radical (unpaired) electrons. The van der Waals surface area contributed by atoms with Gasteiger partial charge in [0.25, 0.3) is 0 Å². The van der Waals surface area contributed by atoms with Crippen molar-refractivity contribution in [2.75, 3.05) is 0 Å². The fourth-order valence-electron chi connectivity index (χ4n) is 5.23. The summed E-state index contributed by atoms with van der Waals surface area (Å²) < 4.78 is 5.64. The van der Waals surface area contributed by atoms with Crippen LogP contribution in [0.25, 0.3) is 55.0 Å². The molecule has 0 aliphatic rings. The Bertz CT molecular complexity index is 1860. The number of para-hydroxylation sites is 3. The van der Waals surface area contributed by atoms with Crippen molar-refractivity contribution in [2.45, 2.75) is 0 Å². The first kappa shape index (κ1) is 19.9. The number of rotatable bonds is 2. The van der Waals surface area contributed by atoms with Crippen LogP contribution in [0.15, 0.2) is 114 Å². The molecule has 0 saturated carbocycles. The van der Waals surface area contributed by atoms with Gasteiger partial charge < -0.3 is 9.13 Å².